The van der Waals surface area contributed by atoms with Crippen molar-refractivity contribution < 1.29 is 52.5 Å². The Kier molecular flexibility index (Phi) is 6.95. The Bertz CT molecular complexity index is 995. The predicted octanol–water partition coefficient (Wildman–Crippen LogP) is 5.06. The molecule has 0 bridgehead atoms. The fraction of sp³-hybridized carbons (Fsp3) is 0.333. The number of hydrogen-bond donors (Lipinski definition) is 0. The molecule has 0 amide bonds. The maximum Gasteiger partial charge on any atom is 0.382 e. The molecule has 0 saturated heterocycles. The highest BCUT2D eigenvalue weighted by molar-refractivity contribution is 7.87. The van der Waals surface area contributed by atoms with Crippen LogP contribution in [0.5, 0.6) is 0 Å². The summed E-state index contributed by atoms with van der Waals surface area (Å²) < 4.78 is 145. The van der Waals surface area contributed by atoms with Crippen LogP contribution in [0.15, 0.2) is 70.5 Å². The highest BCUT2D eigenvalue weighted by Crippen LogP contribution is 2.65. The fourth-order valence-electron chi connectivity index (χ4n) is 2.57. The summed E-state index contributed by atoms with van der Waals surface area (Å²) >= 11 is 1.28. The molecule has 3 nitrogen and oxygen atoms in total. The molecule has 2 aromatic rings. The van der Waals surface area contributed by atoms with Crippen molar-refractivity contribution in [2.45, 2.75) is 44.9 Å². The van der Waals surface area contributed by atoms with E-state index in [1.54, 1.807) is 0 Å². The van der Waals surface area contributed by atoms with Gasteiger partial charge < -0.3 is 4.55 Å². The summed E-state index contributed by atoms with van der Waals surface area (Å²) in [7, 11) is -7.09. The average molecular weight is 512 g/mol. The van der Waals surface area contributed by atoms with Crippen molar-refractivity contribution >= 4 is 21.9 Å². The van der Waals surface area contributed by atoms with Gasteiger partial charge in [-0.3, -0.25) is 0 Å². The second kappa shape index (κ2) is 8.45. The number of thiol groups is 1. The lowest BCUT2D eigenvalue weighted by Gasteiger charge is -2.48. The Morgan fingerprint density at radius 3 is 1.38 bits per heavy atom. The van der Waals surface area contributed by atoms with Gasteiger partial charge in [-0.05, 0) is 24.3 Å². The number of hydrogen-bond acceptors (Lipinski definition) is 3. The third-order valence-corrected chi connectivity index (χ3v) is 6.64. The van der Waals surface area contributed by atoms with Crippen molar-refractivity contribution in [1.29, 1.82) is 0 Å². The molecule has 1 unspecified atom stereocenters. The van der Waals surface area contributed by atoms with Crippen LogP contribution in [0.1, 0.15) is 6.42 Å². The van der Waals surface area contributed by atoms with E-state index < -0.39 is 45.2 Å². The van der Waals surface area contributed by atoms with Crippen LogP contribution < -0.4 is 0 Å². The topological polar surface area (TPSA) is 57.2 Å². The molecule has 1 aliphatic carbocycles. The average Bonchev–Trinajstić information content (AvgIpc) is 2.67. The third kappa shape index (κ3) is 4.31. The lowest BCUT2D eigenvalue weighted by molar-refractivity contribution is -0.413. The maximum absolute atomic E-state index is 13.2. The largest absolute Gasteiger partial charge is 0.745 e. The minimum absolute atomic E-state index is 1.28. The Morgan fingerprint density at radius 2 is 1.03 bits per heavy atom. The molecule has 0 spiro atoms. The molecule has 0 N–H and O–H groups in total. The van der Waals surface area contributed by atoms with E-state index in [2.05, 4.69) is 48.5 Å². The van der Waals surface area contributed by atoms with Crippen LogP contribution in [-0.2, 0) is 21.9 Å². The van der Waals surface area contributed by atoms with Gasteiger partial charge in [0.05, 0.1) is 6.42 Å². The molecule has 1 atom stereocenters. The van der Waals surface area contributed by atoms with Crippen molar-refractivity contribution in [3.63, 3.8) is 0 Å². The smallest absolute Gasteiger partial charge is 0.382 e. The van der Waals surface area contributed by atoms with Crippen molar-refractivity contribution in [3.05, 3.63) is 60.7 Å². The molecule has 1 fully saturated rings. The SMILES string of the molecule is O=S(=O)([O-])C1(F)CC(F)(F)C(F)(F)C(F)(F)C1(F)F.c1ccc([SH+]c2ccccc2)cc1. The Balaban J connectivity index is 0.000000242. The van der Waals surface area contributed by atoms with Crippen LogP contribution in [0.4, 0.5) is 39.5 Å². The molecule has 0 aromatic heterocycles. The molecular weight excluding hydrogens is 499 g/mol. The molecule has 178 valence electrons. The van der Waals surface area contributed by atoms with Crippen LogP contribution in [0, 0.1) is 0 Å². The van der Waals surface area contributed by atoms with E-state index in [0.29, 0.717) is 0 Å². The number of halogens is 9. The molecule has 3 rings (SSSR count). The molecule has 0 heterocycles. The van der Waals surface area contributed by atoms with E-state index in [-0.39, 0.29) is 0 Å². The van der Waals surface area contributed by atoms with E-state index in [4.69, 9.17) is 0 Å². The molecular formula is C18H13F9O3S2. The summed E-state index contributed by atoms with van der Waals surface area (Å²) in [6.45, 7) is 0. The van der Waals surface area contributed by atoms with Gasteiger partial charge in [0, 0.05) is 11.8 Å². The molecule has 1 aliphatic rings. The van der Waals surface area contributed by atoms with Gasteiger partial charge in [0.25, 0.3) is 5.00 Å². The Labute approximate surface area is 180 Å². The minimum atomic E-state index is -7.09. The van der Waals surface area contributed by atoms with E-state index in [1.807, 2.05) is 12.1 Å². The van der Waals surface area contributed by atoms with E-state index in [1.165, 1.54) is 21.6 Å². The first-order valence-electron chi connectivity index (χ1n) is 8.38. The van der Waals surface area contributed by atoms with Gasteiger partial charge in [0.1, 0.15) is 10.1 Å². The Morgan fingerprint density at radius 1 is 0.656 bits per heavy atom. The summed E-state index contributed by atoms with van der Waals surface area (Å²) in [5, 5.41) is -6.06. The summed E-state index contributed by atoms with van der Waals surface area (Å²) in [5.41, 5.74) is 0. The molecule has 32 heavy (non-hydrogen) atoms. The fourth-order valence-corrected chi connectivity index (χ4v) is 4.31. The zero-order chi connectivity index (χ0) is 24.6. The van der Waals surface area contributed by atoms with Crippen LogP contribution in [0.25, 0.3) is 0 Å². The first-order valence-corrected chi connectivity index (χ1v) is 10.7. The molecule has 0 aliphatic heterocycles. The zero-order valence-electron chi connectivity index (χ0n) is 15.5. The lowest BCUT2D eigenvalue weighted by atomic mass is 9.84. The van der Waals surface area contributed by atoms with Gasteiger partial charge in [-0.1, -0.05) is 36.4 Å². The van der Waals surface area contributed by atoms with Crippen molar-refractivity contribution in [2.75, 3.05) is 0 Å². The van der Waals surface area contributed by atoms with Gasteiger partial charge in [0.15, 0.2) is 9.79 Å². The van der Waals surface area contributed by atoms with Gasteiger partial charge >= 0.3 is 23.7 Å². The summed E-state index contributed by atoms with van der Waals surface area (Å²) in [5.74, 6) is -26.8. The molecule has 1 saturated carbocycles. The highest BCUT2D eigenvalue weighted by atomic mass is 32.2. The van der Waals surface area contributed by atoms with Crippen molar-refractivity contribution in [1.82, 2.24) is 0 Å². The summed E-state index contributed by atoms with van der Waals surface area (Å²) in [6, 6.07) is 21.0. The number of rotatable bonds is 3. The maximum atomic E-state index is 13.2. The molecule has 14 heteroatoms. The second-order valence-corrected chi connectivity index (χ2v) is 9.38. The Hall–Kier alpha value is -1.93. The monoisotopic (exact) mass is 512 g/mol. The first-order chi connectivity index (χ1) is 14.4. The second-order valence-electron chi connectivity index (χ2n) is 6.57. The van der Waals surface area contributed by atoms with Gasteiger partial charge in [-0.2, -0.15) is 35.1 Å². The van der Waals surface area contributed by atoms with Gasteiger partial charge in [0.2, 0.25) is 0 Å². The standard InChI is InChI=1S/C12H10S.C6H3F9O3S/c1-3-7-11(8-4-1)13-12-9-5-2-6-10-12;7-2(8)1-3(9,19(16,17)18)5(12,13)6(14,15)4(2,10)11/h1-10H;1H2,(H,16,17,18). The van der Waals surface area contributed by atoms with Gasteiger partial charge in [-0.15, -0.1) is 0 Å². The quantitative estimate of drug-likeness (QED) is 0.250. The van der Waals surface area contributed by atoms with E-state index in [0.717, 1.165) is 0 Å². The summed E-state index contributed by atoms with van der Waals surface area (Å²) in [6.07, 6.45) is -3.58. The summed E-state index contributed by atoms with van der Waals surface area (Å²) in [4.78, 5) is 2.68. The molecule has 0 radical (unpaired) electrons. The highest BCUT2D eigenvalue weighted by Gasteiger charge is 2.92. The van der Waals surface area contributed by atoms with Crippen LogP contribution >= 0.6 is 0 Å². The van der Waals surface area contributed by atoms with Crippen LogP contribution in [-0.4, -0.2) is 41.7 Å². The number of benzene rings is 2. The van der Waals surface area contributed by atoms with Crippen LogP contribution in [0.2, 0.25) is 0 Å². The van der Waals surface area contributed by atoms with Gasteiger partial charge in [-0.25, -0.2) is 12.8 Å². The first kappa shape index (κ1) is 26.3. The number of alkyl halides is 9. The normalized spacial score (nSPS) is 25.3. The van der Waals surface area contributed by atoms with Crippen LogP contribution in [0.3, 0.4) is 0 Å². The predicted molar refractivity (Wildman–Crippen MR) is 96.1 cm³/mol. The molecule has 2 aromatic carbocycles. The van der Waals surface area contributed by atoms with E-state index >= 15 is 0 Å². The lowest BCUT2D eigenvalue weighted by Crippen LogP contribution is -2.76. The van der Waals surface area contributed by atoms with Crippen molar-refractivity contribution in [2.24, 2.45) is 0 Å². The minimum Gasteiger partial charge on any atom is -0.745 e. The zero-order valence-corrected chi connectivity index (χ0v) is 17.2. The van der Waals surface area contributed by atoms with Crippen molar-refractivity contribution in [3.8, 4) is 0 Å². The third-order valence-electron chi connectivity index (χ3n) is 4.33. The van der Waals surface area contributed by atoms with E-state index in [9.17, 15) is 52.5 Å².